The first-order chi connectivity index (χ1) is 16.6. The van der Waals surface area contributed by atoms with Gasteiger partial charge in [0.15, 0.2) is 0 Å². The molecule has 5 heteroatoms. The number of hydrogen-bond donors (Lipinski definition) is 0. The molecular weight excluding hydrogens is 429 g/mol. The van der Waals surface area contributed by atoms with Gasteiger partial charge in [0.2, 0.25) is 0 Å². The number of aryl methyl sites for hydroxylation is 2. The molecule has 0 saturated carbocycles. The summed E-state index contributed by atoms with van der Waals surface area (Å²) in [6.07, 6.45) is 3.11. The van der Waals surface area contributed by atoms with Crippen molar-refractivity contribution in [2.24, 2.45) is 5.92 Å². The first-order valence-electron chi connectivity index (χ1n) is 11.7. The molecule has 3 aromatic carbocycles. The van der Waals surface area contributed by atoms with Crippen molar-refractivity contribution in [3.05, 3.63) is 95.3 Å². The molecule has 0 radical (unpaired) electrons. The topological polar surface area (TPSA) is 42.7 Å². The molecule has 1 aromatic heterocycles. The number of carbonyl (C=O) groups excluding carboxylic acids is 1. The number of nitrogens with zero attached hydrogens (tertiary/aromatic N) is 1. The van der Waals surface area contributed by atoms with Crippen molar-refractivity contribution in [3.63, 3.8) is 0 Å². The average molecular weight is 458 g/mol. The second-order valence-corrected chi connectivity index (χ2v) is 9.05. The minimum Gasteiger partial charge on any atom is -0.469 e. The summed E-state index contributed by atoms with van der Waals surface area (Å²) in [5, 5.41) is 0.991. The standard InChI is InChI=1S/C29H28FNO3/c1-33-29(32)24-18-31(19-24)17-22-10-12-25(26(30)15-22)28-16-23-14-21(11-13-27(23)34-28)9-5-8-20-6-3-2-4-7-20/h2-4,6-7,10-16,24H,5,8-9,17-19H2,1H3. The lowest BCUT2D eigenvalue weighted by atomic mass is 9.99. The van der Waals surface area contributed by atoms with Gasteiger partial charge in [-0.15, -0.1) is 0 Å². The lowest BCUT2D eigenvalue weighted by Gasteiger charge is -2.37. The molecule has 1 saturated heterocycles. The van der Waals surface area contributed by atoms with Gasteiger partial charge in [-0.1, -0.05) is 42.5 Å². The molecule has 5 rings (SSSR count). The zero-order valence-corrected chi connectivity index (χ0v) is 19.3. The van der Waals surface area contributed by atoms with E-state index in [-0.39, 0.29) is 17.7 Å². The van der Waals surface area contributed by atoms with Crippen LogP contribution < -0.4 is 0 Å². The van der Waals surface area contributed by atoms with Crippen LogP contribution in [0.5, 0.6) is 0 Å². The molecule has 4 nitrogen and oxygen atoms in total. The predicted molar refractivity (Wildman–Crippen MR) is 131 cm³/mol. The number of hydrogen-bond acceptors (Lipinski definition) is 4. The summed E-state index contributed by atoms with van der Waals surface area (Å²) in [6, 6.07) is 23.9. The number of methoxy groups -OCH3 is 1. The van der Waals surface area contributed by atoms with Crippen molar-refractivity contribution >= 4 is 16.9 Å². The van der Waals surface area contributed by atoms with Crippen LogP contribution in [0.2, 0.25) is 0 Å². The fourth-order valence-corrected chi connectivity index (χ4v) is 4.65. The zero-order chi connectivity index (χ0) is 23.5. The van der Waals surface area contributed by atoms with Gasteiger partial charge in [-0.2, -0.15) is 0 Å². The molecule has 4 aromatic rings. The number of halogens is 1. The summed E-state index contributed by atoms with van der Waals surface area (Å²) in [5.74, 6) is -0.0187. The Morgan fingerprint density at radius 1 is 0.971 bits per heavy atom. The first-order valence-corrected chi connectivity index (χ1v) is 11.7. The Labute approximate surface area is 199 Å². The molecule has 0 unspecified atom stereocenters. The number of likely N-dealkylation sites (tertiary alicyclic amines) is 1. The van der Waals surface area contributed by atoms with E-state index >= 15 is 0 Å². The first kappa shape index (κ1) is 22.4. The van der Waals surface area contributed by atoms with E-state index in [2.05, 4.69) is 41.3 Å². The third kappa shape index (κ3) is 4.90. The van der Waals surface area contributed by atoms with Gasteiger partial charge in [-0.3, -0.25) is 9.69 Å². The molecule has 0 amide bonds. The summed E-state index contributed by atoms with van der Waals surface area (Å²) in [6.45, 7) is 1.90. The summed E-state index contributed by atoms with van der Waals surface area (Å²) >= 11 is 0. The van der Waals surface area contributed by atoms with Crippen molar-refractivity contribution in [2.45, 2.75) is 25.8 Å². The van der Waals surface area contributed by atoms with Gasteiger partial charge in [0.05, 0.1) is 18.6 Å². The maximum atomic E-state index is 15.0. The molecular formula is C29H28FNO3. The van der Waals surface area contributed by atoms with Crippen LogP contribution in [-0.2, 0) is 28.9 Å². The summed E-state index contributed by atoms with van der Waals surface area (Å²) in [7, 11) is 1.41. The SMILES string of the molecule is COC(=O)C1CN(Cc2ccc(-c3cc4cc(CCCc5ccccc5)ccc4o3)c(F)c2)C1. The quantitative estimate of drug-likeness (QED) is 0.304. The average Bonchev–Trinajstić information content (AvgIpc) is 3.24. The van der Waals surface area contributed by atoms with E-state index < -0.39 is 0 Å². The molecule has 0 aliphatic carbocycles. The smallest absolute Gasteiger partial charge is 0.311 e. The number of esters is 1. The summed E-state index contributed by atoms with van der Waals surface area (Å²) in [4.78, 5) is 13.6. The van der Waals surface area contributed by atoms with Gasteiger partial charge < -0.3 is 9.15 Å². The molecule has 174 valence electrons. The van der Waals surface area contributed by atoms with Crippen molar-refractivity contribution in [1.29, 1.82) is 0 Å². The minimum absolute atomic E-state index is 0.0760. The van der Waals surface area contributed by atoms with E-state index in [9.17, 15) is 9.18 Å². The molecule has 1 aliphatic rings. The van der Waals surface area contributed by atoms with Gasteiger partial charge in [0.25, 0.3) is 0 Å². The normalized spacial score (nSPS) is 14.3. The van der Waals surface area contributed by atoms with Crippen LogP contribution in [0.15, 0.2) is 77.2 Å². The minimum atomic E-state index is -0.301. The van der Waals surface area contributed by atoms with Crippen LogP contribution in [-0.4, -0.2) is 31.1 Å². The van der Waals surface area contributed by atoms with Gasteiger partial charge >= 0.3 is 5.97 Å². The Balaban J connectivity index is 1.23. The Hall–Kier alpha value is -3.44. The number of ether oxygens (including phenoxy) is 1. The Kier molecular flexibility index (Phi) is 6.45. The summed E-state index contributed by atoms with van der Waals surface area (Å²) < 4.78 is 25.7. The molecule has 2 heterocycles. The number of furan rings is 1. The van der Waals surface area contributed by atoms with Crippen LogP contribution in [0, 0.1) is 11.7 Å². The van der Waals surface area contributed by atoms with E-state index in [0.29, 0.717) is 31.0 Å². The Morgan fingerprint density at radius 2 is 1.74 bits per heavy atom. The van der Waals surface area contributed by atoms with Gasteiger partial charge in [-0.25, -0.2) is 4.39 Å². The lowest BCUT2D eigenvalue weighted by molar-refractivity contribution is -0.151. The number of rotatable bonds is 8. The molecule has 1 fully saturated rings. The highest BCUT2D eigenvalue weighted by molar-refractivity contribution is 5.83. The molecule has 0 N–H and O–H groups in total. The van der Waals surface area contributed by atoms with Crippen LogP contribution in [0.1, 0.15) is 23.1 Å². The lowest BCUT2D eigenvalue weighted by Crippen LogP contribution is -2.49. The maximum absolute atomic E-state index is 15.0. The van der Waals surface area contributed by atoms with Gasteiger partial charge in [0.1, 0.15) is 17.2 Å². The third-order valence-electron chi connectivity index (χ3n) is 6.55. The largest absolute Gasteiger partial charge is 0.469 e. The highest BCUT2D eigenvalue weighted by atomic mass is 19.1. The van der Waals surface area contributed by atoms with E-state index in [1.54, 1.807) is 12.1 Å². The zero-order valence-electron chi connectivity index (χ0n) is 19.3. The van der Waals surface area contributed by atoms with Gasteiger partial charge in [0, 0.05) is 25.0 Å². The van der Waals surface area contributed by atoms with Gasteiger partial charge in [-0.05, 0) is 66.3 Å². The van der Waals surface area contributed by atoms with Crippen molar-refractivity contribution in [2.75, 3.05) is 20.2 Å². The highest BCUT2D eigenvalue weighted by Crippen LogP contribution is 2.31. The number of benzene rings is 3. The molecule has 1 aliphatic heterocycles. The maximum Gasteiger partial charge on any atom is 0.311 e. The molecule has 0 bridgehead atoms. The van der Waals surface area contributed by atoms with Crippen LogP contribution in [0.25, 0.3) is 22.3 Å². The van der Waals surface area contributed by atoms with E-state index in [4.69, 9.17) is 9.15 Å². The van der Waals surface area contributed by atoms with E-state index in [0.717, 1.165) is 35.8 Å². The van der Waals surface area contributed by atoms with Crippen LogP contribution in [0.4, 0.5) is 4.39 Å². The fourth-order valence-electron chi connectivity index (χ4n) is 4.65. The second kappa shape index (κ2) is 9.82. The van der Waals surface area contributed by atoms with E-state index in [1.165, 1.54) is 18.2 Å². The number of fused-ring (bicyclic) bond motifs is 1. The Morgan fingerprint density at radius 3 is 2.50 bits per heavy atom. The molecule has 0 atom stereocenters. The summed E-state index contributed by atoms with van der Waals surface area (Å²) in [5.41, 5.74) is 4.71. The second-order valence-electron chi connectivity index (χ2n) is 9.05. The highest BCUT2D eigenvalue weighted by Gasteiger charge is 2.33. The van der Waals surface area contributed by atoms with Crippen LogP contribution >= 0.6 is 0 Å². The van der Waals surface area contributed by atoms with Crippen LogP contribution in [0.3, 0.4) is 0 Å². The Bertz CT molecular complexity index is 1290. The van der Waals surface area contributed by atoms with E-state index in [1.807, 2.05) is 24.3 Å². The monoisotopic (exact) mass is 457 g/mol. The van der Waals surface area contributed by atoms with Crippen molar-refractivity contribution in [3.8, 4) is 11.3 Å². The third-order valence-corrected chi connectivity index (χ3v) is 6.55. The predicted octanol–water partition coefficient (Wildman–Crippen LogP) is 6.02. The molecule has 0 spiro atoms. The van der Waals surface area contributed by atoms with Crippen molar-refractivity contribution < 1.29 is 18.3 Å². The van der Waals surface area contributed by atoms with Crippen molar-refractivity contribution in [1.82, 2.24) is 4.90 Å². The molecule has 34 heavy (non-hydrogen) atoms. The fraction of sp³-hybridized carbons (Fsp3) is 0.276. The number of carbonyl (C=O) groups is 1.